The number of hydrogen-bond acceptors (Lipinski definition) is 4. The Morgan fingerprint density at radius 2 is 1.79 bits per heavy atom. The summed E-state index contributed by atoms with van der Waals surface area (Å²) in [5.41, 5.74) is 2.08. The molecule has 1 aromatic rings. The van der Waals surface area contributed by atoms with Crippen LogP contribution in [0.4, 0.5) is 0 Å². The van der Waals surface area contributed by atoms with Gasteiger partial charge in [0.2, 0.25) is 0 Å². The second-order valence-corrected chi connectivity index (χ2v) is 4.58. The van der Waals surface area contributed by atoms with Gasteiger partial charge in [0.25, 0.3) is 0 Å². The molecule has 1 unspecified atom stereocenters. The van der Waals surface area contributed by atoms with Crippen LogP contribution in [0.2, 0.25) is 0 Å². The van der Waals surface area contributed by atoms with Crippen molar-refractivity contribution in [3.05, 3.63) is 23.3 Å². The fraction of sp³-hybridized carbons (Fsp3) is 0.533. The second kappa shape index (κ2) is 7.02. The summed E-state index contributed by atoms with van der Waals surface area (Å²) in [6, 6.07) is 3.94. The molecule has 0 amide bonds. The van der Waals surface area contributed by atoms with Crippen LogP contribution in [0.3, 0.4) is 0 Å². The molecule has 0 aromatic heterocycles. The van der Waals surface area contributed by atoms with Crippen LogP contribution >= 0.6 is 0 Å². The minimum absolute atomic E-state index is 0.190. The summed E-state index contributed by atoms with van der Waals surface area (Å²) in [6.07, 6.45) is 1.12. The molecule has 0 N–H and O–H groups in total. The smallest absolute Gasteiger partial charge is 0.305 e. The molecule has 0 aliphatic heterocycles. The summed E-state index contributed by atoms with van der Waals surface area (Å²) in [5.74, 6) is 1.67. The molecule has 19 heavy (non-hydrogen) atoms. The maximum atomic E-state index is 11.2. The Labute approximate surface area is 114 Å². The maximum absolute atomic E-state index is 11.2. The Bertz CT molecular complexity index is 440. The van der Waals surface area contributed by atoms with Crippen LogP contribution in [0.15, 0.2) is 12.1 Å². The highest BCUT2D eigenvalue weighted by atomic mass is 16.5. The van der Waals surface area contributed by atoms with E-state index in [0.29, 0.717) is 6.42 Å². The summed E-state index contributed by atoms with van der Waals surface area (Å²) in [4.78, 5) is 11.2. The van der Waals surface area contributed by atoms with Crippen molar-refractivity contribution in [1.29, 1.82) is 0 Å². The van der Waals surface area contributed by atoms with E-state index >= 15 is 0 Å². The maximum Gasteiger partial charge on any atom is 0.305 e. The van der Waals surface area contributed by atoms with Crippen molar-refractivity contribution in [3.63, 3.8) is 0 Å². The number of ether oxygens (including phenoxy) is 3. The minimum Gasteiger partial charge on any atom is -0.496 e. The Morgan fingerprint density at radius 1 is 1.16 bits per heavy atom. The van der Waals surface area contributed by atoms with Crippen LogP contribution in [0.1, 0.15) is 36.8 Å². The molecule has 0 saturated heterocycles. The number of hydrogen-bond donors (Lipinski definition) is 0. The van der Waals surface area contributed by atoms with E-state index < -0.39 is 0 Å². The van der Waals surface area contributed by atoms with Crippen LogP contribution in [0.5, 0.6) is 11.5 Å². The predicted molar refractivity (Wildman–Crippen MR) is 73.9 cm³/mol. The van der Waals surface area contributed by atoms with Crippen molar-refractivity contribution in [2.24, 2.45) is 0 Å². The molecule has 1 rings (SSSR count). The molecule has 0 aliphatic carbocycles. The third kappa shape index (κ3) is 3.88. The van der Waals surface area contributed by atoms with Crippen molar-refractivity contribution in [2.45, 2.75) is 32.6 Å². The standard InChI is InChI=1S/C15H22O4/c1-10(6-7-15(16)19-5)12-9-13(17-3)11(2)8-14(12)18-4/h8-10H,6-7H2,1-5H3. The van der Waals surface area contributed by atoms with Gasteiger partial charge in [0.05, 0.1) is 21.3 Å². The number of rotatable bonds is 6. The number of aryl methyl sites for hydroxylation is 1. The third-order valence-corrected chi connectivity index (χ3v) is 3.29. The van der Waals surface area contributed by atoms with Gasteiger partial charge in [-0.05, 0) is 37.0 Å². The monoisotopic (exact) mass is 266 g/mol. The summed E-state index contributed by atoms with van der Waals surface area (Å²) in [5, 5.41) is 0. The lowest BCUT2D eigenvalue weighted by atomic mass is 9.94. The first-order chi connectivity index (χ1) is 9.03. The van der Waals surface area contributed by atoms with Crippen molar-refractivity contribution >= 4 is 5.97 Å². The Kier molecular flexibility index (Phi) is 5.67. The summed E-state index contributed by atoms with van der Waals surface area (Å²) < 4.78 is 15.4. The molecular formula is C15H22O4. The Morgan fingerprint density at radius 3 is 2.32 bits per heavy atom. The van der Waals surface area contributed by atoms with Gasteiger partial charge in [0.15, 0.2) is 0 Å². The molecule has 0 fully saturated rings. The van der Waals surface area contributed by atoms with Gasteiger partial charge in [-0.2, -0.15) is 0 Å². The molecule has 1 atom stereocenters. The molecule has 0 radical (unpaired) electrons. The van der Waals surface area contributed by atoms with Crippen LogP contribution in [-0.2, 0) is 9.53 Å². The van der Waals surface area contributed by atoms with Gasteiger partial charge in [-0.3, -0.25) is 4.79 Å². The third-order valence-electron chi connectivity index (χ3n) is 3.29. The van der Waals surface area contributed by atoms with Gasteiger partial charge in [-0.25, -0.2) is 0 Å². The molecule has 106 valence electrons. The number of benzene rings is 1. The average Bonchev–Trinajstić information content (AvgIpc) is 2.43. The lowest BCUT2D eigenvalue weighted by molar-refractivity contribution is -0.140. The highest BCUT2D eigenvalue weighted by Gasteiger charge is 2.16. The quantitative estimate of drug-likeness (QED) is 0.742. The van der Waals surface area contributed by atoms with E-state index in [1.807, 2.05) is 19.1 Å². The van der Waals surface area contributed by atoms with Crippen LogP contribution < -0.4 is 9.47 Å². The SMILES string of the molecule is COC(=O)CCC(C)c1cc(OC)c(C)cc1OC. The predicted octanol–water partition coefficient (Wildman–Crippen LogP) is 3.07. The molecule has 0 heterocycles. The molecule has 0 saturated carbocycles. The second-order valence-electron chi connectivity index (χ2n) is 4.58. The van der Waals surface area contributed by atoms with Gasteiger partial charge in [-0.1, -0.05) is 6.92 Å². The Hall–Kier alpha value is -1.71. The number of carbonyl (C=O) groups excluding carboxylic acids is 1. The van der Waals surface area contributed by atoms with Gasteiger partial charge >= 0.3 is 5.97 Å². The lowest BCUT2D eigenvalue weighted by Gasteiger charge is -2.18. The fourth-order valence-electron chi connectivity index (χ4n) is 2.05. The van der Waals surface area contributed by atoms with Crippen LogP contribution in [0.25, 0.3) is 0 Å². The first-order valence-corrected chi connectivity index (χ1v) is 6.32. The van der Waals surface area contributed by atoms with E-state index in [0.717, 1.165) is 29.0 Å². The fourth-order valence-corrected chi connectivity index (χ4v) is 2.05. The largest absolute Gasteiger partial charge is 0.496 e. The molecule has 4 nitrogen and oxygen atoms in total. The van der Waals surface area contributed by atoms with E-state index in [9.17, 15) is 4.79 Å². The van der Waals surface area contributed by atoms with E-state index in [1.54, 1.807) is 14.2 Å². The molecule has 0 spiro atoms. The first kappa shape index (κ1) is 15.3. The molecular weight excluding hydrogens is 244 g/mol. The van der Waals surface area contributed by atoms with E-state index in [1.165, 1.54) is 7.11 Å². The van der Waals surface area contributed by atoms with E-state index in [2.05, 4.69) is 11.7 Å². The van der Waals surface area contributed by atoms with Gasteiger partial charge in [-0.15, -0.1) is 0 Å². The zero-order valence-corrected chi connectivity index (χ0v) is 12.3. The van der Waals surface area contributed by atoms with Gasteiger partial charge in [0, 0.05) is 12.0 Å². The van der Waals surface area contributed by atoms with Crippen molar-refractivity contribution < 1.29 is 19.0 Å². The van der Waals surface area contributed by atoms with Crippen molar-refractivity contribution in [3.8, 4) is 11.5 Å². The zero-order valence-electron chi connectivity index (χ0n) is 12.3. The van der Waals surface area contributed by atoms with Gasteiger partial charge in [0.1, 0.15) is 11.5 Å². The zero-order chi connectivity index (χ0) is 14.4. The molecule has 4 heteroatoms. The minimum atomic E-state index is -0.190. The van der Waals surface area contributed by atoms with E-state index in [-0.39, 0.29) is 11.9 Å². The molecule has 0 aliphatic rings. The molecule has 1 aromatic carbocycles. The van der Waals surface area contributed by atoms with Gasteiger partial charge < -0.3 is 14.2 Å². The average molecular weight is 266 g/mol. The summed E-state index contributed by atoms with van der Waals surface area (Å²) in [6.45, 7) is 4.04. The normalized spacial score (nSPS) is 11.8. The Balaban J connectivity index is 2.93. The number of methoxy groups -OCH3 is 3. The summed E-state index contributed by atoms with van der Waals surface area (Å²) >= 11 is 0. The molecule has 0 bridgehead atoms. The number of carbonyl (C=O) groups is 1. The summed E-state index contributed by atoms with van der Waals surface area (Å²) in [7, 11) is 4.71. The lowest BCUT2D eigenvalue weighted by Crippen LogP contribution is -2.05. The highest BCUT2D eigenvalue weighted by molar-refractivity contribution is 5.69. The van der Waals surface area contributed by atoms with E-state index in [4.69, 9.17) is 9.47 Å². The number of esters is 1. The topological polar surface area (TPSA) is 44.8 Å². The first-order valence-electron chi connectivity index (χ1n) is 6.32. The highest BCUT2D eigenvalue weighted by Crippen LogP contribution is 2.35. The van der Waals surface area contributed by atoms with Crippen LogP contribution in [0, 0.1) is 6.92 Å². The van der Waals surface area contributed by atoms with Crippen LogP contribution in [-0.4, -0.2) is 27.3 Å². The van der Waals surface area contributed by atoms with Crippen molar-refractivity contribution in [1.82, 2.24) is 0 Å². The van der Waals surface area contributed by atoms with Crippen molar-refractivity contribution in [2.75, 3.05) is 21.3 Å².